The van der Waals surface area contributed by atoms with Gasteiger partial charge in [-0.2, -0.15) is 0 Å². The Labute approximate surface area is 132 Å². The maximum Gasteiger partial charge on any atom is 0.267 e. The monoisotopic (exact) mass is 318 g/mol. The Morgan fingerprint density at radius 2 is 2.19 bits per heavy atom. The predicted octanol–water partition coefficient (Wildman–Crippen LogP) is 3.87. The highest BCUT2D eigenvalue weighted by atomic mass is 35.5. The number of thiophene rings is 1. The summed E-state index contributed by atoms with van der Waals surface area (Å²) in [5, 5.41) is 6.96. The number of hydrogen-bond donors (Lipinski definition) is 1. The number of aromatic nitrogens is 1. The molecular weight excluding hydrogens is 304 g/mol. The Morgan fingerprint density at radius 1 is 1.38 bits per heavy atom. The van der Waals surface area contributed by atoms with Crippen molar-refractivity contribution in [3.05, 3.63) is 58.2 Å². The van der Waals surface area contributed by atoms with Crippen molar-refractivity contribution in [3.63, 3.8) is 0 Å². The summed E-state index contributed by atoms with van der Waals surface area (Å²) in [6, 6.07) is 10.0. The van der Waals surface area contributed by atoms with Gasteiger partial charge in [-0.15, -0.1) is 11.3 Å². The van der Waals surface area contributed by atoms with Gasteiger partial charge in [0.2, 0.25) is 0 Å². The summed E-state index contributed by atoms with van der Waals surface area (Å²) in [6.45, 7) is 0.613. The highest BCUT2D eigenvalue weighted by Crippen LogP contribution is 2.25. The van der Waals surface area contributed by atoms with E-state index in [-0.39, 0.29) is 5.91 Å². The molecule has 0 aliphatic heterocycles. The minimum Gasteiger partial charge on any atom is -0.350 e. The van der Waals surface area contributed by atoms with Crippen molar-refractivity contribution in [1.29, 1.82) is 0 Å². The molecule has 3 nitrogen and oxygen atoms in total. The number of nitrogens with one attached hydrogen (secondary N) is 1. The summed E-state index contributed by atoms with van der Waals surface area (Å²) in [4.78, 5) is 12.1. The molecule has 0 spiro atoms. The molecule has 0 bridgehead atoms. The summed E-state index contributed by atoms with van der Waals surface area (Å²) in [5.41, 5.74) is 1.86. The molecule has 1 N–H and O–H groups in total. The second-order valence-electron chi connectivity index (χ2n) is 4.92. The van der Waals surface area contributed by atoms with Crippen LogP contribution in [0.1, 0.15) is 16.1 Å². The Hall–Kier alpha value is -1.78. The minimum absolute atomic E-state index is 0.0936. The number of hydrogen-bond acceptors (Lipinski definition) is 2. The molecule has 108 valence electrons. The van der Waals surface area contributed by atoms with Crippen molar-refractivity contribution in [2.75, 3.05) is 6.54 Å². The number of aryl methyl sites for hydroxylation is 1. The van der Waals surface area contributed by atoms with E-state index in [0.29, 0.717) is 17.3 Å². The van der Waals surface area contributed by atoms with Crippen molar-refractivity contribution in [1.82, 2.24) is 9.88 Å². The molecule has 5 heteroatoms. The van der Waals surface area contributed by atoms with Crippen LogP contribution in [0.4, 0.5) is 0 Å². The van der Waals surface area contributed by atoms with Gasteiger partial charge in [0.05, 0.1) is 5.02 Å². The van der Waals surface area contributed by atoms with E-state index in [1.54, 1.807) is 28.2 Å². The zero-order valence-electron chi connectivity index (χ0n) is 11.6. The summed E-state index contributed by atoms with van der Waals surface area (Å²) >= 11 is 7.63. The third kappa shape index (κ3) is 2.96. The maximum atomic E-state index is 12.1. The fraction of sp³-hybridized carbons (Fsp3) is 0.188. The standard InChI is InChI=1S/C16H15ClN2OS/c1-19-9-12(17)8-14(19)16(20)18-7-6-11-10-21-15-5-3-2-4-13(11)15/h2-5,8-10H,6-7H2,1H3,(H,18,20). The quantitative estimate of drug-likeness (QED) is 0.778. The molecular formula is C16H15ClN2OS. The van der Waals surface area contributed by atoms with Crippen molar-refractivity contribution >= 4 is 38.9 Å². The lowest BCUT2D eigenvalue weighted by Crippen LogP contribution is -2.27. The first-order valence-corrected chi connectivity index (χ1v) is 7.96. The Kier molecular flexibility index (Phi) is 3.99. The Bertz CT molecular complexity index is 791. The van der Waals surface area contributed by atoms with Crippen LogP contribution >= 0.6 is 22.9 Å². The summed E-state index contributed by atoms with van der Waals surface area (Å²) in [5.74, 6) is -0.0936. The van der Waals surface area contributed by atoms with E-state index in [4.69, 9.17) is 11.6 Å². The number of rotatable bonds is 4. The van der Waals surface area contributed by atoms with E-state index < -0.39 is 0 Å². The number of carbonyl (C=O) groups excluding carboxylic acids is 1. The molecule has 0 aliphatic rings. The van der Waals surface area contributed by atoms with Gasteiger partial charge >= 0.3 is 0 Å². The maximum absolute atomic E-state index is 12.1. The molecule has 3 rings (SSSR count). The number of nitrogens with zero attached hydrogens (tertiary/aromatic N) is 1. The summed E-state index contributed by atoms with van der Waals surface area (Å²) < 4.78 is 3.02. The lowest BCUT2D eigenvalue weighted by Gasteiger charge is -2.05. The van der Waals surface area contributed by atoms with Crippen LogP contribution in [0.2, 0.25) is 5.02 Å². The highest BCUT2D eigenvalue weighted by Gasteiger charge is 2.11. The number of halogens is 1. The van der Waals surface area contributed by atoms with Gasteiger partial charge in [0.25, 0.3) is 5.91 Å². The van der Waals surface area contributed by atoms with Gasteiger partial charge in [-0.1, -0.05) is 29.8 Å². The van der Waals surface area contributed by atoms with E-state index in [1.807, 2.05) is 19.2 Å². The number of amides is 1. The molecule has 3 aromatic rings. The largest absolute Gasteiger partial charge is 0.350 e. The van der Waals surface area contributed by atoms with Gasteiger partial charge < -0.3 is 9.88 Å². The molecule has 2 aromatic heterocycles. The van der Waals surface area contributed by atoms with Crippen LogP contribution in [-0.2, 0) is 13.5 Å². The Morgan fingerprint density at radius 3 is 2.95 bits per heavy atom. The topological polar surface area (TPSA) is 34.0 Å². The molecule has 1 aromatic carbocycles. The number of benzene rings is 1. The van der Waals surface area contributed by atoms with Gasteiger partial charge in [0, 0.05) is 24.5 Å². The molecule has 0 unspecified atom stereocenters. The lowest BCUT2D eigenvalue weighted by atomic mass is 10.1. The molecule has 0 saturated heterocycles. The zero-order valence-corrected chi connectivity index (χ0v) is 13.2. The normalized spacial score (nSPS) is 11.0. The second kappa shape index (κ2) is 5.92. The Balaban J connectivity index is 1.64. The van der Waals surface area contributed by atoms with Gasteiger partial charge in [-0.3, -0.25) is 4.79 Å². The fourth-order valence-corrected chi connectivity index (χ4v) is 3.62. The van der Waals surface area contributed by atoms with Crippen LogP contribution in [0.15, 0.2) is 41.9 Å². The number of carbonyl (C=O) groups is 1. The fourth-order valence-electron chi connectivity index (χ4n) is 2.38. The molecule has 0 aliphatic carbocycles. The molecule has 21 heavy (non-hydrogen) atoms. The van der Waals surface area contributed by atoms with Crippen LogP contribution in [-0.4, -0.2) is 17.0 Å². The summed E-state index contributed by atoms with van der Waals surface area (Å²) in [7, 11) is 1.81. The lowest BCUT2D eigenvalue weighted by molar-refractivity contribution is 0.0946. The van der Waals surface area contributed by atoms with Gasteiger partial charge in [0.1, 0.15) is 5.69 Å². The molecule has 0 fully saturated rings. The van der Waals surface area contributed by atoms with Gasteiger partial charge in [-0.25, -0.2) is 0 Å². The number of fused-ring (bicyclic) bond motifs is 1. The van der Waals surface area contributed by atoms with Crippen molar-refractivity contribution in [2.24, 2.45) is 7.05 Å². The first kappa shape index (κ1) is 14.2. The van der Waals surface area contributed by atoms with Gasteiger partial charge in [0.15, 0.2) is 0 Å². The predicted molar refractivity (Wildman–Crippen MR) is 88.3 cm³/mol. The molecule has 0 atom stereocenters. The average molecular weight is 319 g/mol. The average Bonchev–Trinajstić information content (AvgIpc) is 3.02. The van der Waals surface area contributed by atoms with E-state index in [0.717, 1.165) is 6.42 Å². The minimum atomic E-state index is -0.0936. The van der Waals surface area contributed by atoms with Crippen molar-refractivity contribution in [2.45, 2.75) is 6.42 Å². The van der Waals surface area contributed by atoms with E-state index >= 15 is 0 Å². The second-order valence-corrected chi connectivity index (χ2v) is 6.27. The first-order chi connectivity index (χ1) is 10.1. The van der Waals surface area contributed by atoms with Crippen LogP contribution < -0.4 is 5.32 Å². The molecule has 2 heterocycles. The van der Waals surface area contributed by atoms with Crippen LogP contribution in [0.25, 0.3) is 10.1 Å². The molecule has 0 saturated carbocycles. The SMILES string of the molecule is Cn1cc(Cl)cc1C(=O)NCCc1csc2ccccc12. The summed E-state index contributed by atoms with van der Waals surface area (Å²) in [6.07, 6.45) is 2.55. The zero-order chi connectivity index (χ0) is 14.8. The van der Waals surface area contributed by atoms with Crippen molar-refractivity contribution in [3.8, 4) is 0 Å². The van der Waals surface area contributed by atoms with Crippen LogP contribution in [0, 0.1) is 0 Å². The first-order valence-electron chi connectivity index (χ1n) is 6.70. The highest BCUT2D eigenvalue weighted by molar-refractivity contribution is 7.17. The van der Waals surface area contributed by atoms with E-state index in [1.165, 1.54) is 15.6 Å². The third-order valence-corrected chi connectivity index (χ3v) is 4.66. The van der Waals surface area contributed by atoms with E-state index in [2.05, 4.69) is 22.8 Å². The molecule has 0 radical (unpaired) electrons. The third-order valence-electron chi connectivity index (χ3n) is 3.45. The smallest absolute Gasteiger partial charge is 0.267 e. The van der Waals surface area contributed by atoms with Crippen LogP contribution in [0.3, 0.4) is 0 Å². The van der Waals surface area contributed by atoms with Crippen molar-refractivity contribution < 1.29 is 4.79 Å². The van der Waals surface area contributed by atoms with Crippen LogP contribution in [0.5, 0.6) is 0 Å². The molecule has 1 amide bonds. The van der Waals surface area contributed by atoms with E-state index in [9.17, 15) is 4.79 Å². The van der Waals surface area contributed by atoms with Gasteiger partial charge in [-0.05, 0) is 34.9 Å².